The molecule has 1 saturated heterocycles. The van der Waals surface area contributed by atoms with Crippen LogP contribution in [0.15, 0.2) is 30.3 Å². The number of nitrogens with zero attached hydrogens (tertiary/aromatic N) is 3. The molecule has 0 aliphatic carbocycles. The van der Waals surface area contributed by atoms with E-state index in [1.54, 1.807) is 45.2 Å². The zero-order chi connectivity index (χ0) is 26.9. The molecule has 0 bridgehead atoms. The van der Waals surface area contributed by atoms with Gasteiger partial charge in [-0.3, -0.25) is 4.79 Å². The van der Waals surface area contributed by atoms with E-state index in [-0.39, 0.29) is 36.7 Å². The lowest BCUT2D eigenvalue weighted by Crippen LogP contribution is -2.40. The van der Waals surface area contributed by atoms with E-state index in [0.29, 0.717) is 30.5 Å². The topological polar surface area (TPSA) is 173 Å². The van der Waals surface area contributed by atoms with Gasteiger partial charge in [0.2, 0.25) is 5.95 Å². The Morgan fingerprint density at radius 2 is 2.11 bits per heavy atom. The lowest BCUT2D eigenvalue weighted by Gasteiger charge is -2.26. The van der Waals surface area contributed by atoms with E-state index in [9.17, 15) is 9.36 Å². The van der Waals surface area contributed by atoms with Gasteiger partial charge in [-0.25, -0.2) is 0 Å². The lowest BCUT2D eigenvalue weighted by atomic mass is 10.2. The van der Waals surface area contributed by atoms with Crippen molar-refractivity contribution in [2.75, 3.05) is 48.1 Å². The van der Waals surface area contributed by atoms with Crippen molar-refractivity contribution < 1.29 is 28.5 Å². The van der Waals surface area contributed by atoms with Gasteiger partial charge in [-0.05, 0) is 37.0 Å². The third kappa shape index (κ3) is 8.27. The molecule has 6 N–H and O–H groups in total. The molecule has 1 aromatic heterocycles. The average molecular weight is 557 g/mol. The molecule has 2 aliphatic rings. The maximum absolute atomic E-state index is 11.9. The van der Waals surface area contributed by atoms with Gasteiger partial charge in [0, 0.05) is 7.05 Å². The Morgan fingerprint density at radius 3 is 2.73 bits per heavy atom. The maximum Gasteiger partial charge on any atom is 0.613 e. The van der Waals surface area contributed by atoms with Crippen LogP contribution in [-0.2, 0) is 23.4 Å². The van der Waals surface area contributed by atoms with Gasteiger partial charge in [0.05, 0.1) is 24.3 Å². The number of rotatable bonds is 9. The number of nitrogens with two attached hydrogens (primary N) is 1. The third-order valence-electron chi connectivity index (χ3n) is 5.13. The van der Waals surface area contributed by atoms with Crippen LogP contribution in [0.2, 0.25) is 0 Å². The Balaban J connectivity index is 0.000000468. The minimum absolute atomic E-state index is 0.0585. The quantitative estimate of drug-likeness (QED) is 0.173. The van der Waals surface area contributed by atoms with Crippen molar-refractivity contribution in [3.05, 3.63) is 30.3 Å². The zero-order valence-electron chi connectivity index (χ0n) is 20.8. The summed E-state index contributed by atoms with van der Waals surface area (Å²) in [7, 11) is -0.498. The summed E-state index contributed by atoms with van der Waals surface area (Å²) >= 11 is 6.51. The number of phenols is 1. The Hall–Kier alpha value is -2.96. The number of ether oxygens (including phenoxy) is 2. The predicted octanol–water partition coefficient (Wildman–Crippen LogP) is 2.62. The predicted molar refractivity (Wildman–Crippen MR) is 141 cm³/mol. The Labute approximate surface area is 220 Å². The van der Waals surface area contributed by atoms with Crippen molar-refractivity contribution in [2.45, 2.75) is 44.1 Å². The highest BCUT2D eigenvalue weighted by Crippen LogP contribution is 2.40. The van der Waals surface area contributed by atoms with Crippen LogP contribution in [0.1, 0.15) is 20.3 Å². The van der Waals surface area contributed by atoms with Crippen LogP contribution in [0, 0.1) is 0 Å². The van der Waals surface area contributed by atoms with Crippen molar-refractivity contribution in [1.82, 2.24) is 15.1 Å². The standard InChI is InChI=1S/C16H26ClN7O5P.C6H6O/c1-8(2)28-11(25)5-21-30(26)27-6-9-4-10(17)15(29-9)24-7-20-12-13(19-3)22-16(18)23-14(12)24;7-6-4-2-1-3-5-6/h8-10,15,20H,4-7H2,1-3H3,(H,21,26)(H3,18,19,22,23);1-5,7H/q+1;. The smallest absolute Gasteiger partial charge is 0.508 e. The first-order valence-electron chi connectivity index (χ1n) is 11.6. The fraction of sp³-hybridized carbons (Fsp3) is 0.500. The first kappa shape index (κ1) is 28.6. The maximum atomic E-state index is 11.9. The van der Waals surface area contributed by atoms with Gasteiger partial charge >= 0.3 is 14.1 Å². The molecule has 2 aliphatic heterocycles. The fourth-order valence-corrected chi connectivity index (χ4v) is 4.65. The number of phenolic OH excluding ortho intramolecular Hbond substituents is 1. The van der Waals surface area contributed by atoms with E-state index in [1.807, 2.05) is 11.0 Å². The zero-order valence-corrected chi connectivity index (χ0v) is 22.4. The highest BCUT2D eigenvalue weighted by molar-refractivity contribution is 7.36. The second-order valence-electron chi connectivity index (χ2n) is 8.35. The average Bonchev–Trinajstić information content (AvgIpc) is 3.44. The molecule has 13 nitrogen and oxygen atoms in total. The molecule has 15 heteroatoms. The molecular weight excluding hydrogens is 525 g/mol. The van der Waals surface area contributed by atoms with Crippen LogP contribution in [-0.4, -0.2) is 71.7 Å². The number of nitrogens with one attached hydrogen (secondary N) is 3. The minimum atomic E-state index is -2.24. The molecule has 4 atom stereocenters. The van der Waals surface area contributed by atoms with E-state index in [4.69, 9.17) is 36.4 Å². The lowest BCUT2D eigenvalue weighted by molar-refractivity contribution is -0.145. The number of alkyl halides is 1. The normalized spacial score (nSPS) is 20.5. The van der Waals surface area contributed by atoms with Gasteiger partial charge < -0.3 is 35.8 Å². The van der Waals surface area contributed by atoms with Crippen molar-refractivity contribution in [2.24, 2.45) is 0 Å². The van der Waals surface area contributed by atoms with Gasteiger partial charge in [-0.15, -0.1) is 16.1 Å². The van der Waals surface area contributed by atoms with E-state index in [2.05, 4.69) is 25.7 Å². The highest BCUT2D eigenvalue weighted by atomic mass is 35.5. The van der Waals surface area contributed by atoms with Crippen LogP contribution in [0.3, 0.4) is 0 Å². The van der Waals surface area contributed by atoms with Gasteiger partial charge in [-0.1, -0.05) is 23.3 Å². The molecular formula is C22H32ClN7O6P+. The number of fused-ring (bicyclic) bond motifs is 1. The van der Waals surface area contributed by atoms with Crippen LogP contribution >= 0.6 is 19.8 Å². The fourth-order valence-electron chi connectivity index (χ4n) is 3.61. The van der Waals surface area contributed by atoms with Gasteiger partial charge in [-0.2, -0.15) is 9.97 Å². The van der Waals surface area contributed by atoms with Crippen molar-refractivity contribution in [3.63, 3.8) is 0 Å². The number of carbonyl (C=O) groups is 1. The second-order valence-corrected chi connectivity index (χ2v) is 10.00. The molecule has 2 aromatic rings. The second kappa shape index (κ2) is 13.5. The molecule has 3 heterocycles. The van der Waals surface area contributed by atoms with Crippen molar-refractivity contribution in [1.29, 1.82) is 0 Å². The van der Waals surface area contributed by atoms with Gasteiger partial charge in [0.25, 0.3) is 0 Å². The first-order chi connectivity index (χ1) is 17.7. The molecule has 0 spiro atoms. The van der Waals surface area contributed by atoms with Crippen LogP contribution in [0.25, 0.3) is 0 Å². The van der Waals surface area contributed by atoms with Gasteiger partial charge in [0.15, 0.2) is 11.6 Å². The number of hydrogen-bond donors (Lipinski definition) is 5. The first-order valence-corrected chi connectivity index (χ1v) is 13.2. The summed E-state index contributed by atoms with van der Waals surface area (Å²) in [6.07, 6.45) is -0.582. The summed E-state index contributed by atoms with van der Waals surface area (Å²) < 4.78 is 28.2. The van der Waals surface area contributed by atoms with Crippen LogP contribution in [0.4, 0.5) is 23.3 Å². The molecule has 37 heavy (non-hydrogen) atoms. The number of esters is 1. The highest BCUT2D eigenvalue weighted by Gasteiger charge is 2.42. The Morgan fingerprint density at radius 1 is 1.38 bits per heavy atom. The molecule has 4 rings (SSSR count). The Kier molecular flexibility index (Phi) is 10.5. The monoisotopic (exact) mass is 556 g/mol. The summed E-state index contributed by atoms with van der Waals surface area (Å²) in [5.74, 6) is 1.14. The van der Waals surface area contributed by atoms with E-state index < -0.39 is 20.4 Å². The number of nitrogen functional groups attached to an aromatic ring is 1. The van der Waals surface area contributed by atoms with Crippen molar-refractivity contribution in [3.8, 4) is 5.75 Å². The number of aromatic nitrogens is 2. The number of hydrogen-bond acceptors (Lipinski definition) is 12. The summed E-state index contributed by atoms with van der Waals surface area (Å²) in [5.41, 5.74) is 6.53. The van der Waals surface area contributed by atoms with Crippen LogP contribution in [0.5, 0.6) is 5.75 Å². The molecule has 0 amide bonds. The number of anilines is 4. The molecule has 202 valence electrons. The summed E-state index contributed by atoms with van der Waals surface area (Å²) in [6, 6.07) is 8.71. The van der Waals surface area contributed by atoms with Crippen molar-refractivity contribution >= 4 is 49.0 Å². The van der Waals surface area contributed by atoms with Gasteiger partial charge in [0.1, 0.15) is 30.8 Å². The number of carbonyl (C=O) groups excluding carboxylic acids is 1. The molecule has 0 saturated carbocycles. The number of para-hydroxylation sites is 1. The Bertz CT molecular complexity index is 1070. The summed E-state index contributed by atoms with van der Waals surface area (Å²) in [4.78, 5) is 21.8. The van der Waals surface area contributed by atoms with E-state index >= 15 is 0 Å². The molecule has 4 unspecified atom stereocenters. The van der Waals surface area contributed by atoms with Crippen LogP contribution < -0.4 is 26.4 Å². The largest absolute Gasteiger partial charge is 0.613 e. The summed E-state index contributed by atoms with van der Waals surface area (Å²) in [6.45, 7) is 3.75. The minimum Gasteiger partial charge on any atom is -0.508 e. The number of aromatic hydroxyl groups is 1. The molecule has 1 fully saturated rings. The third-order valence-corrected chi connectivity index (χ3v) is 6.33. The SMILES string of the molecule is CNc1nc(N)nc2c1NCN2C1OC(CO[P+](=O)NCC(=O)OC(C)C)CC1Cl.Oc1ccccc1. The summed E-state index contributed by atoms with van der Waals surface area (Å²) in [5, 5.41) is 17.0. The molecule has 0 radical (unpaired) electrons. The number of benzene rings is 1. The molecule has 1 aromatic carbocycles. The van der Waals surface area contributed by atoms with E-state index in [0.717, 1.165) is 5.69 Å². The van der Waals surface area contributed by atoms with E-state index in [1.165, 1.54) is 0 Å². The number of halogens is 1.